The van der Waals surface area contributed by atoms with Crippen molar-refractivity contribution in [3.63, 3.8) is 0 Å². The van der Waals surface area contributed by atoms with Crippen LogP contribution < -0.4 is 19.5 Å². The molecule has 4 bridgehead atoms. The molecule has 0 saturated heterocycles. The van der Waals surface area contributed by atoms with Gasteiger partial charge in [0.2, 0.25) is 6.79 Å². The summed E-state index contributed by atoms with van der Waals surface area (Å²) in [5, 5.41) is 13.6. The first-order chi connectivity index (χ1) is 15.6. The lowest BCUT2D eigenvalue weighted by Gasteiger charge is -2.57. The predicted octanol–water partition coefficient (Wildman–Crippen LogP) is 4.41. The molecule has 0 aromatic heterocycles. The van der Waals surface area contributed by atoms with Crippen molar-refractivity contribution in [1.82, 2.24) is 5.32 Å². The lowest BCUT2D eigenvalue weighted by molar-refractivity contribution is -0.00521. The molecule has 7 rings (SSSR count). The number of benzene rings is 2. The van der Waals surface area contributed by atoms with Gasteiger partial charge >= 0.3 is 0 Å². The van der Waals surface area contributed by atoms with Gasteiger partial charge in [-0.05, 0) is 97.1 Å². The van der Waals surface area contributed by atoms with E-state index in [0.29, 0.717) is 18.5 Å². The van der Waals surface area contributed by atoms with Gasteiger partial charge in [-0.1, -0.05) is 18.2 Å². The summed E-state index contributed by atoms with van der Waals surface area (Å²) in [7, 11) is 0. The molecule has 0 spiro atoms. The van der Waals surface area contributed by atoms with Crippen LogP contribution in [0.5, 0.6) is 17.2 Å². The molecule has 32 heavy (non-hydrogen) atoms. The molecule has 4 saturated carbocycles. The summed E-state index contributed by atoms with van der Waals surface area (Å²) in [5.41, 5.74) is 3.03. The average Bonchev–Trinajstić information content (AvgIpc) is 3.25. The van der Waals surface area contributed by atoms with Crippen molar-refractivity contribution in [1.29, 1.82) is 0 Å². The highest BCUT2D eigenvalue weighted by molar-refractivity contribution is 5.44. The topological polar surface area (TPSA) is 60.0 Å². The average molecular weight is 436 g/mol. The van der Waals surface area contributed by atoms with Crippen molar-refractivity contribution in [2.24, 2.45) is 17.8 Å². The van der Waals surface area contributed by atoms with E-state index < -0.39 is 6.10 Å². The largest absolute Gasteiger partial charge is 0.491 e. The van der Waals surface area contributed by atoms with Crippen molar-refractivity contribution >= 4 is 0 Å². The molecule has 170 valence electrons. The van der Waals surface area contributed by atoms with Gasteiger partial charge in [0.1, 0.15) is 18.5 Å². The molecule has 2 aromatic carbocycles. The normalized spacial score (nSPS) is 30.5. The third-order valence-corrected chi connectivity index (χ3v) is 8.09. The zero-order valence-electron chi connectivity index (χ0n) is 18.6. The van der Waals surface area contributed by atoms with Crippen LogP contribution in [0.2, 0.25) is 0 Å². The van der Waals surface area contributed by atoms with Gasteiger partial charge in [0, 0.05) is 13.1 Å². The Hall–Kier alpha value is -2.24. The molecule has 0 radical (unpaired) electrons. The van der Waals surface area contributed by atoms with Crippen molar-refractivity contribution in [3.05, 3.63) is 53.6 Å². The number of aliphatic hydroxyl groups excluding tert-OH is 1. The second kappa shape index (κ2) is 8.27. The molecule has 4 fully saturated rings. The van der Waals surface area contributed by atoms with E-state index in [-0.39, 0.29) is 13.4 Å². The molecule has 1 atom stereocenters. The minimum Gasteiger partial charge on any atom is -0.491 e. The second-order valence-corrected chi connectivity index (χ2v) is 10.5. The number of ether oxygens (including phenoxy) is 3. The SMILES string of the molecule is OC(CNCc1ccc2c(c1)OCO2)COc1ccc(C23CC4CC(CC(C4)C2)C3)cc1. The molecule has 1 unspecified atom stereocenters. The van der Waals surface area contributed by atoms with Gasteiger partial charge in [-0.2, -0.15) is 0 Å². The highest BCUT2D eigenvalue weighted by Gasteiger charge is 2.51. The number of rotatable bonds is 8. The highest BCUT2D eigenvalue weighted by atomic mass is 16.7. The van der Waals surface area contributed by atoms with E-state index in [0.717, 1.165) is 40.6 Å². The fourth-order valence-corrected chi connectivity index (χ4v) is 7.05. The van der Waals surface area contributed by atoms with Crippen molar-refractivity contribution in [2.45, 2.75) is 56.6 Å². The number of fused-ring (bicyclic) bond motifs is 1. The number of hydrogen-bond donors (Lipinski definition) is 2. The first-order valence-electron chi connectivity index (χ1n) is 12.2. The summed E-state index contributed by atoms with van der Waals surface area (Å²) >= 11 is 0. The Morgan fingerprint density at radius 2 is 1.62 bits per heavy atom. The Morgan fingerprint density at radius 1 is 0.938 bits per heavy atom. The van der Waals surface area contributed by atoms with Crippen LogP contribution in [0.1, 0.15) is 49.7 Å². The summed E-state index contributed by atoms with van der Waals surface area (Å²) < 4.78 is 16.6. The van der Waals surface area contributed by atoms with Crippen LogP contribution in [0, 0.1) is 17.8 Å². The van der Waals surface area contributed by atoms with Crippen LogP contribution in [-0.4, -0.2) is 31.2 Å². The van der Waals surface area contributed by atoms with Crippen LogP contribution in [0.15, 0.2) is 42.5 Å². The van der Waals surface area contributed by atoms with Gasteiger partial charge in [-0.15, -0.1) is 0 Å². The van der Waals surface area contributed by atoms with Crippen LogP contribution in [-0.2, 0) is 12.0 Å². The predicted molar refractivity (Wildman–Crippen MR) is 122 cm³/mol. The van der Waals surface area contributed by atoms with E-state index in [1.54, 1.807) is 0 Å². The molecule has 5 aliphatic rings. The smallest absolute Gasteiger partial charge is 0.231 e. The third-order valence-electron chi connectivity index (χ3n) is 8.09. The maximum atomic E-state index is 10.3. The Bertz CT molecular complexity index is 921. The quantitative estimate of drug-likeness (QED) is 0.643. The van der Waals surface area contributed by atoms with Gasteiger partial charge in [-0.3, -0.25) is 0 Å². The molecule has 2 aromatic rings. The Balaban J connectivity index is 0.982. The summed E-state index contributed by atoms with van der Waals surface area (Å²) in [6.07, 6.45) is 8.00. The monoisotopic (exact) mass is 435 g/mol. The fourth-order valence-electron chi connectivity index (χ4n) is 7.05. The van der Waals surface area contributed by atoms with E-state index in [1.807, 2.05) is 18.2 Å². The minimum absolute atomic E-state index is 0.283. The minimum atomic E-state index is -0.563. The van der Waals surface area contributed by atoms with Gasteiger partial charge in [-0.25, -0.2) is 0 Å². The summed E-state index contributed by atoms with van der Waals surface area (Å²) in [5.74, 6) is 5.28. The van der Waals surface area contributed by atoms with Crippen molar-refractivity contribution in [2.75, 3.05) is 19.9 Å². The Kier molecular flexibility index (Phi) is 5.27. The van der Waals surface area contributed by atoms with Crippen LogP contribution in [0.3, 0.4) is 0 Å². The van der Waals surface area contributed by atoms with Gasteiger partial charge in [0.25, 0.3) is 0 Å². The molecule has 4 aliphatic carbocycles. The molecule has 2 N–H and O–H groups in total. The Labute approximate surface area is 190 Å². The van der Waals surface area contributed by atoms with E-state index in [2.05, 4.69) is 29.6 Å². The lowest BCUT2D eigenvalue weighted by Crippen LogP contribution is -2.48. The van der Waals surface area contributed by atoms with Crippen LogP contribution in [0.4, 0.5) is 0 Å². The second-order valence-electron chi connectivity index (χ2n) is 10.5. The van der Waals surface area contributed by atoms with E-state index in [1.165, 1.54) is 44.1 Å². The molecule has 1 heterocycles. The molecule has 5 nitrogen and oxygen atoms in total. The van der Waals surface area contributed by atoms with Gasteiger partial charge < -0.3 is 24.6 Å². The van der Waals surface area contributed by atoms with Crippen LogP contribution >= 0.6 is 0 Å². The number of nitrogens with one attached hydrogen (secondary N) is 1. The van der Waals surface area contributed by atoms with Crippen LogP contribution in [0.25, 0.3) is 0 Å². The number of hydrogen-bond acceptors (Lipinski definition) is 5. The Morgan fingerprint density at radius 3 is 2.34 bits per heavy atom. The highest BCUT2D eigenvalue weighted by Crippen LogP contribution is 2.60. The summed E-state index contributed by atoms with van der Waals surface area (Å²) in [6, 6.07) is 14.7. The van der Waals surface area contributed by atoms with E-state index in [9.17, 15) is 5.11 Å². The molecular formula is C27H33NO4. The van der Waals surface area contributed by atoms with E-state index >= 15 is 0 Å². The van der Waals surface area contributed by atoms with Crippen molar-refractivity contribution in [3.8, 4) is 17.2 Å². The fraction of sp³-hybridized carbons (Fsp3) is 0.556. The van der Waals surface area contributed by atoms with E-state index in [4.69, 9.17) is 14.2 Å². The van der Waals surface area contributed by atoms with Crippen molar-refractivity contribution < 1.29 is 19.3 Å². The lowest BCUT2D eigenvalue weighted by atomic mass is 9.48. The maximum Gasteiger partial charge on any atom is 0.231 e. The number of aliphatic hydroxyl groups is 1. The standard InChI is InChI=1S/C27H33NO4/c29-23(15-28-14-18-1-6-25-26(10-18)32-17-31-25)16-30-24-4-2-22(3-5-24)27-11-19-7-20(12-27)9-21(8-19)13-27/h1-6,10,19-21,23,28-29H,7-9,11-17H2. The molecule has 1 aliphatic heterocycles. The molecular weight excluding hydrogens is 402 g/mol. The zero-order valence-corrected chi connectivity index (χ0v) is 18.6. The molecule has 0 amide bonds. The maximum absolute atomic E-state index is 10.3. The zero-order chi connectivity index (χ0) is 21.5. The first kappa shape index (κ1) is 20.4. The summed E-state index contributed by atoms with van der Waals surface area (Å²) in [6.45, 7) is 1.70. The first-order valence-corrected chi connectivity index (χ1v) is 12.2. The third kappa shape index (κ3) is 3.97. The molecule has 5 heteroatoms. The van der Waals surface area contributed by atoms with Gasteiger partial charge in [0.15, 0.2) is 11.5 Å². The summed E-state index contributed by atoms with van der Waals surface area (Å²) in [4.78, 5) is 0. The van der Waals surface area contributed by atoms with Gasteiger partial charge in [0.05, 0.1) is 0 Å².